The fourth-order valence-corrected chi connectivity index (χ4v) is 1.71. The lowest BCUT2D eigenvalue weighted by molar-refractivity contribution is -0.135. The highest BCUT2D eigenvalue weighted by molar-refractivity contribution is 5.80. The van der Waals surface area contributed by atoms with Crippen LogP contribution in [0.5, 0.6) is 5.75 Å². The molecule has 0 saturated heterocycles. The highest BCUT2D eigenvalue weighted by atomic mass is 19.1. The van der Waals surface area contributed by atoms with Gasteiger partial charge in [0.1, 0.15) is 11.6 Å². The predicted molar refractivity (Wildman–Crippen MR) is 72.7 cm³/mol. The first kappa shape index (κ1) is 15.4. The Morgan fingerprint density at radius 3 is 2.47 bits per heavy atom. The van der Waals surface area contributed by atoms with Gasteiger partial charge in [-0.2, -0.15) is 0 Å². The van der Waals surface area contributed by atoms with Crippen LogP contribution in [-0.4, -0.2) is 38.1 Å². The number of likely N-dealkylation sites (N-methyl/N-ethyl adjacent to an activating group) is 1. The highest BCUT2D eigenvalue weighted by Crippen LogP contribution is 2.22. The van der Waals surface area contributed by atoms with Gasteiger partial charge in [-0.3, -0.25) is 4.79 Å². The smallest absolute Gasteiger partial charge is 0.262 e. The van der Waals surface area contributed by atoms with E-state index in [9.17, 15) is 9.18 Å². The number of rotatable bonds is 5. The third-order valence-electron chi connectivity index (χ3n) is 2.97. The van der Waals surface area contributed by atoms with Crippen molar-refractivity contribution >= 4 is 5.91 Å². The van der Waals surface area contributed by atoms with E-state index in [1.807, 2.05) is 6.92 Å². The molecule has 19 heavy (non-hydrogen) atoms. The van der Waals surface area contributed by atoms with Crippen molar-refractivity contribution in [3.8, 4) is 5.75 Å². The monoisotopic (exact) mass is 268 g/mol. The standard InChI is InChI=1S/C14H21FN2O2/c1-9(16-3)12-7-6-11(8-13(12)15)19-10(2)14(18)17(4)5/h6-10,16H,1-5H3. The van der Waals surface area contributed by atoms with Crippen molar-refractivity contribution in [2.24, 2.45) is 0 Å². The molecule has 2 unspecified atom stereocenters. The normalized spacial score (nSPS) is 13.8. The maximum Gasteiger partial charge on any atom is 0.262 e. The molecule has 0 bridgehead atoms. The van der Waals surface area contributed by atoms with E-state index < -0.39 is 6.10 Å². The molecule has 106 valence electrons. The summed E-state index contributed by atoms with van der Waals surface area (Å²) in [6, 6.07) is 4.57. The highest BCUT2D eigenvalue weighted by Gasteiger charge is 2.17. The maximum absolute atomic E-state index is 13.9. The van der Waals surface area contributed by atoms with Crippen molar-refractivity contribution in [2.75, 3.05) is 21.1 Å². The molecule has 4 nitrogen and oxygen atoms in total. The maximum atomic E-state index is 13.9. The van der Waals surface area contributed by atoms with Crippen molar-refractivity contribution in [1.29, 1.82) is 0 Å². The number of halogens is 1. The van der Waals surface area contributed by atoms with E-state index in [-0.39, 0.29) is 17.8 Å². The van der Waals surface area contributed by atoms with Gasteiger partial charge >= 0.3 is 0 Å². The zero-order chi connectivity index (χ0) is 14.6. The molecule has 1 N–H and O–H groups in total. The number of amides is 1. The number of carbonyl (C=O) groups is 1. The molecule has 0 radical (unpaired) electrons. The van der Waals surface area contributed by atoms with Gasteiger partial charge in [-0.15, -0.1) is 0 Å². The van der Waals surface area contributed by atoms with Gasteiger partial charge in [0.2, 0.25) is 0 Å². The predicted octanol–water partition coefficient (Wildman–Crippen LogP) is 1.96. The summed E-state index contributed by atoms with van der Waals surface area (Å²) in [6.45, 7) is 3.52. The number of hydrogen-bond donors (Lipinski definition) is 1. The minimum atomic E-state index is -0.637. The summed E-state index contributed by atoms with van der Waals surface area (Å²) in [5, 5.41) is 2.97. The van der Waals surface area contributed by atoms with Gasteiger partial charge in [0.25, 0.3) is 5.91 Å². The Morgan fingerprint density at radius 2 is 2.00 bits per heavy atom. The molecule has 1 rings (SSSR count). The lowest BCUT2D eigenvalue weighted by Gasteiger charge is -2.19. The summed E-state index contributed by atoms with van der Waals surface area (Å²) in [7, 11) is 5.08. The summed E-state index contributed by atoms with van der Waals surface area (Å²) in [5.74, 6) is -0.149. The molecule has 0 aliphatic heterocycles. The molecular formula is C14H21FN2O2. The number of nitrogens with zero attached hydrogens (tertiary/aromatic N) is 1. The summed E-state index contributed by atoms with van der Waals surface area (Å²) in [5.41, 5.74) is 0.571. The van der Waals surface area contributed by atoms with Gasteiger partial charge in [-0.1, -0.05) is 6.07 Å². The molecule has 0 spiro atoms. The molecule has 0 aliphatic carbocycles. The molecule has 0 saturated carbocycles. The van der Waals surface area contributed by atoms with Crippen LogP contribution in [0.3, 0.4) is 0 Å². The molecule has 0 fully saturated rings. The van der Waals surface area contributed by atoms with Crippen LogP contribution >= 0.6 is 0 Å². The average Bonchev–Trinajstić information content (AvgIpc) is 2.36. The van der Waals surface area contributed by atoms with E-state index >= 15 is 0 Å². The molecule has 5 heteroatoms. The quantitative estimate of drug-likeness (QED) is 0.887. The van der Waals surface area contributed by atoms with Gasteiger partial charge in [-0.25, -0.2) is 4.39 Å². The average molecular weight is 268 g/mol. The fraction of sp³-hybridized carbons (Fsp3) is 0.500. The van der Waals surface area contributed by atoms with E-state index in [4.69, 9.17) is 4.74 Å². The molecule has 0 heterocycles. The summed E-state index contributed by atoms with van der Waals surface area (Å²) in [6.07, 6.45) is -0.637. The van der Waals surface area contributed by atoms with Crippen LogP contribution < -0.4 is 10.1 Å². The number of carbonyl (C=O) groups excluding carboxylic acids is 1. The number of nitrogens with one attached hydrogen (secondary N) is 1. The van der Waals surface area contributed by atoms with Gasteiger partial charge in [-0.05, 0) is 27.0 Å². The second kappa shape index (κ2) is 6.52. The first-order valence-electron chi connectivity index (χ1n) is 6.21. The summed E-state index contributed by atoms with van der Waals surface area (Å²) < 4.78 is 19.3. The molecule has 0 aliphatic rings. The van der Waals surface area contributed by atoms with Crippen molar-refractivity contribution in [1.82, 2.24) is 10.2 Å². The Bertz CT molecular complexity index is 449. The lowest BCUT2D eigenvalue weighted by Crippen LogP contribution is -2.35. The molecule has 2 atom stereocenters. The van der Waals surface area contributed by atoms with Gasteiger partial charge in [0.05, 0.1) is 0 Å². The Morgan fingerprint density at radius 1 is 1.37 bits per heavy atom. The molecular weight excluding hydrogens is 247 g/mol. The minimum absolute atomic E-state index is 0.0742. The van der Waals surface area contributed by atoms with Gasteiger partial charge in [0, 0.05) is 31.8 Å². The van der Waals surface area contributed by atoms with Crippen LogP contribution in [0.25, 0.3) is 0 Å². The van der Waals surface area contributed by atoms with Crippen LogP contribution in [0.2, 0.25) is 0 Å². The summed E-state index contributed by atoms with van der Waals surface area (Å²) in [4.78, 5) is 13.1. The fourth-order valence-electron chi connectivity index (χ4n) is 1.71. The van der Waals surface area contributed by atoms with E-state index in [1.165, 1.54) is 11.0 Å². The first-order chi connectivity index (χ1) is 8.86. The third kappa shape index (κ3) is 3.92. The Labute approximate surface area is 113 Å². The zero-order valence-electron chi connectivity index (χ0n) is 12.0. The second-order valence-corrected chi connectivity index (χ2v) is 4.69. The second-order valence-electron chi connectivity index (χ2n) is 4.69. The molecule has 1 amide bonds. The van der Waals surface area contributed by atoms with E-state index in [0.29, 0.717) is 11.3 Å². The molecule has 0 aromatic heterocycles. The Hall–Kier alpha value is -1.62. The van der Waals surface area contributed by atoms with Gasteiger partial charge in [0.15, 0.2) is 6.10 Å². The van der Waals surface area contributed by atoms with Crippen LogP contribution in [-0.2, 0) is 4.79 Å². The zero-order valence-corrected chi connectivity index (χ0v) is 12.0. The third-order valence-corrected chi connectivity index (χ3v) is 2.97. The topological polar surface area (TPSA) is 41.6 Å². The van der Waals surface area contributed by atoms with Crippen molar-refractivity contribution in [3.05, 3.63) is 29.6 Å². The minimum Gasteiger partial charge on any atom is -0.481 e. The van der Waals surface area contributed by atoms with E-state index in [2.05, 4.69) is 5.32 Å². The van der Waals surface area contributed by atoms with Crippen LogP contribution in [0.1, 0.15) is 25.5 Å². The van der Waals surface area contributed by atoms with E-state index in [1.54, 1.807) is 40.2 Å². The van der Waals surface area contributed by atoms with Crippen LogP contribution in [0, 0.1) is 5.82 Å². The van der Waals surface area contributed by atoms with E-state index in [0.717, 1.165) is 0 Å². The van der Waals surface area contributed by atoms with Gasteiger partial charge < -0.3 is 15.0 Å². The SMILES string of the molecule is CNC(C)c1ccc(OC(C)C(=O)N(C)C)cc1F. The van der Waals surface area contributed by atoms with Crippen LogP contribution in [0.15, 0.2) is 18.2 Å². The van der Waals surface area contributed by atoms with Crippen LogP contribution in [0.4, 0.5) is 4.39 Å². The largest absolute Gasteiger partial charge is 0.481 e. The first-order valence-corrected chi connectivity index (χ1v) is 6.21. The lowest BCUT2D eigenvalue weighted by atomic mass is 10.1. The molecule has 1 aromatic rings. The van der Waals surface area contributed by atoms with Crippen molar-refractivity contribution in [3.63, 3.8) is 0 Å². The Kier molecular flexibility index (Phi) is 5.30. The van der Waals surface area contributed by atoms with Crippen molar-refractivity contribution < 1.29 is 13.9 Å². The Balaban J connectivity index is 2.82. The molecule has 1 aromatic carbocycles. The van der Waals surface area contributed by atoms with Crippen molar-refractivity contribution in [2.45, 2.75) is 26.0 Å². The number of ether oxygens (including phenoxy) is 1. The number of hydrogen-bond acceptors (Lipinski definition) is 3. The number of benzene rings is 1. The summed E-state index contributed by atoms with van der Waals surface area (Å²) >= 11 is 0.